The minimum absolute atomic E-state index is 0.0441. The Kier molecular flexibility index (Phi) is 5.61. The molecule has 0 aliphatic rings. The average molecular weight is 416 g/mol. The molecule has 0 aliphatic carbocycles. The molecule has 0 saturated carbocycles. The summed E-state index contributed by atoms with van der Waals surface area (Å²) in [6.45, 7) is 1.96. The van der Waals surface area contributed by atoms with Gasteiger partial charge in [-0.2, -0.15) is 0 Å². The normalized spacial score (nSPS) is 12.0. The Morgan fingerprint density at radius 3 is 2.57 bits per heavy atom. The highest BCUT2D eigenvalue weighted by Gasteiger charge is 2.13. The fourth-order valence-corrected chi connectivity index (χ4v) is 2.75. The molecule has 112 valence electrons. The molecule has 4 nitrogen and oxygen atoms in total. The van der Waals surface area contributed by atoms with E-state index >= 15 is 0 Å². The fourth-order valence-electron chi connectivity index (χ4n) is 1.87. The molecule has 1 atom stereocenters. The van der Waals surface area contributed by atoms with Crippen LogP contribution in [0.4, 0.5) is 0 Å². The van der Waals surface area contributed by atoms with Gasteiger partial charge in [0.1, 0.15) is 11.5 Å². The van der Waals surface area contributed by atoms with Gasteiger partial charge in [0.15, 0.2) is 0 Å². The monoisotopic (exact) mass is 414 g/mol. The van der Waals surface area contributed by atoms with Crippen molar-refractivity contribution < 1.29 is 9.47 Å². The lowest BCUT2D eigenvalue weighted by molar-refractivity contribution is 0.408. The smallest absolute Gasteiger partial charge is 0.222 e. The van der Waals surface area contributed by atoms with E-state index in [0.29, 0.717) is 18.1 Å². The summed E-state index contributed by atoms with van der Waals surface area (Å²) in [4.78, 5) is 4.30. The quantitative estimate of drug-likeness (QED) is 0.790. The Morgan fingerprint density at radius 2 is 1.90 bits per heavy atom. The van der Waals surface area contributed by atoms with Crippen molar-refractivity contribution >= 4 is 31.9 Å². The van der Waals surface area contributed by atoms with Gasteiger partial charge in [0.2, 0.25) is 5.88 Å². The van der Waals surface area contributed by atoms with E-state index in [1.165, 1.54) is 0 Å². The van der Waals surface area contributed by atoms with Crippen LogP contribution < -0.4 is 15.2 Å². The van der Waals surface area contributed by atoms with E-state index in [2.05, 4.69) is 36.8 Å². The third kappa shape index (κ3) is 4.18. The number of methoxy groups -OCH3 is 1. The topological polar surface area (TPSA) is 57.4 Å². The van der Waals surface area contributed by atoms with Crippen LogP contribution in [0.1, 0.15) is 12.5 Å². The highest BCUT2D eigenvalue weighted by atomic mass is 79.9. The van der Waals surface area contributed by atoms with E-state index in [9.17, 15) is 0 Å². The first kappa shape index (κ1) is 16.3. The minimum atomic E-state index is 0.0441. The molecule has 0 amide bonds. The molecule has 0 bridgehead atoms. The second-order valence-corrected chi connectivity index (χ2v) is 6.38. The summed E-state index contributed by atoms with van der Waals surface area (Å²) in [6, 6.07) is 7.57. The van der Waals surface area contributed by atoms with E-state index in [-0.39, 0.29) is 6.04 Å². The minimum Gasteiger partial charge on any atom is -0.496 e. The van der Waals surface area contributed by atoms with E-state index in [1.807, 2.05) is 31.2 Å². The summed E-state index contributed by atoms with van der Waals surface area (Å²) in [5, 5.41) is 0. The summed E-state index contributed by atoms with van der Waals surface area (Å²) in [6.07, 6.45) is 2.41. The van der Waals surface area contributed by atoms with Gasteiger partial charge in [-0.15, -0.1) is 0 Å². The highest BCUT2D eigenvalue weighted by Crippen LogP contribution is 2.38. The van der Waals surface area contributed by atoms with Crippen LogP contribution in [-0.4, -0.2) is 18.1 Å². The number of ether oxygens (including phenoxy) is 2. The van der Waals surface area contributed by atoms with Crippen LogP contribution in [0.25, 0.3) is 0 Å². The van der Waals surface area contributed by atoms with Crippen molar-refractivity contribution in [3.05, 3.63) is 45.0 Å². The molecule has 2 N–H and O–H groups in total. The molecule has 1 aromatic heterocycles. The van der Waals surface area contributed by atoms with E-state index in [1.54, 1.807) is 13.3 Å². The second-order valence-electron chi connectivity index (χ2n) is 4.67. The summed E-state index contributed by atoms with van der Waals surface area (Å²) in [7, 11) is 1.62. The largest absolute Gasteiger partial charge is 0.496 e. The van der Waals surface area contributed by atoms with Crippen molar-refractivity contribution in [2.75, 3.05) is 7.11 Å². The van der Waals surface area contributed by atoms with E-state index < -0.39 is 0 Å². The third-order valence-electron chi connectivity index (χ3n) is 2.80. The zero-order valence-electron chi connectivity index (χ0n) is 11.8. The zero-order chi connectivity index (χ0) is 15.4. The summed E-state index contributed by atoms with van der Waals surface area (Å²) in [5.74, 6) is 1.95. The van der Waals surface area contributed by atoms with Gasteiger partial charge in [-0.25, -0.2) is 4.98 Å². The number of benzene rings is 1. The average Bonchev–Trinajstić information content (AvgIpc) is 2.44. The maximum atomic E-state index is 5.92. The van der Waals surface area contributed by atoms with Crippen molar-refractivity contribution in [1.29, 1.82) is 0 Å². The lowest BCUT2D eigenvalue weighted by atomic mass is 10.1. The standard InChI is InChI=1S/C15H16Br2N2O2/c1-9(18)6-10-4-3-5-19-15(10)21-14-8-11(16)13(20-2)7-12(14)17/h3-5,7-9H,6,18H2,1-2H3. The number of hydrogen-bond donors (Lipinski definition) is 1. The lowest BCUT2D eigenvalue weighted by Crippen LogP contribution is -2.18. The van der Waals surface area contributed by atoms with Gasteiger partial charge in [-0.3, -0.25) is 0 Å². The van der Waals surface area contributed by atoms with Gasteiger partial charge in [0.25, 0.3) is 0 Å². The molecule has 21 heavy (non-hydrogen) atoms. The SMILES string of the molecule is COc1cc(Br)c(Oc2ncccc2CC(C)N)cc1Br. The molecular formula is C15H16Br2N2O2. The molecule has 1 heterocycles. The van der Waals surface area contributed by atoms with Gasteiger partial charge >= 0.3 is 0 Å². The number of aromatic nitrogens is 1. The molecule has 0 radical (unpaired) electrons. The maximum absolute atomic E-state index is 5.92. The Morgan fingerprint density at radius 1 is 1.24 bits per heavy atom. The summed E-state index contributed by atoms with van der Waals surface area (Å²) in [5.41, 5.74) is 6.84. The van der Waals surface area contributed by atoms with Gasteiger partial charge in [0, 0.05) is 17.8 Å². The molecule has 0 fully saturated rings. The molecular weight excluding hydrogens is 400 g/mol. The molecule has 1 aromatic carbocycles. The number of halogens is 2. The van der Waals surface area contributed by atoms with E-state index in [4.69, 9.17) is 15.2 Å². The van der Waals surface area contributed by atoms with Gasteiger partial charge in [-0.05, 0) is 63.4 Å². The van der Waals surface area contributed by atoms with Crippen LogP contribution in [0, 0.1) is 0 Å². The predicted octanol–water partition coefficient (Wildman–Crippen LogP) is 4.30. The number of nitrogens with two attached hydrogens (primary N) is 1. The molecule has 0 spiro atoms. The maximum Gasteiger partial charge on any atom is 0.222 e. The Hall–Kier alpha value is -1.11. The first-order valence-corrected chi connectivity index (χ1v) is 8.00. The molecule has 1 unspecified atom stereocenters. The van der Waals surface area contributed by atoms with Gasteiger partial charge < -0.3 is 15.2 Å². The van der Waals surface area contributed by atoms with Crippen LogP contribution in [0.5, 0.6) is 17.4 Å². The number of hydrogen-bond acceptors (Lipinski definition) is 4. The van der Waals surface area contributed by atoms with Crippen LogP contribution >= 0.6 is 31.9 Å². The molecule has 6 heteroatoms. The van der Waals surface area contributed by atoms with Crippen LogP contribution in [0.2, 0.25) is 0 Å². The number of rotatable bonds is 5. The number of nitrogens with zero attached hydrogens (tertiary/aromatic N) is 1. The van der Waals surface area contributed by atoms with Crippen molar-refractivity contribution in [3.63, 3.8) is 0 Å². The van der Waals surface area contributed by atoms with Crippen molar-refractivity contribution in [2.24, 2.45) is 5.73 Å². The summed E-state index contributed by atoms with van der Waals surface area (Å²) >= 11 is 6.92. The number of pyridine rings is 1. The lowest BCUT2D eigenvalue weighted by Gasteiger charge is -2.13. The van der Waals surface area contributed by atoms with Crippen LogP contribution in [0.15, 0.2) is 39.4 Å². The van der Waals surface area contributed by atoms with Gasteiger partial charge in [-0.1, -0.05) is 6.07 Å². The van der Waals surface area contributed by atoms with E-state index in [0.717, 1.165) is 20.3 Å². The Labute approximate surface area is 140 Å². The Bertz CT molecular complexity index is 633. The highest BCUT2D eigenvalue weighted by molar-refractivity contribution is 9.11. The van der Waals surface area contributed by atoms with Crippen molar-refractivity contribution in [3.8, 4) is 17.4 Å². The fraction of sp³-hybridized carbons (Fsp3) is 0.267. The van der Waals surface area contributed by atoms with Crippen LogP contribution in [0.3, 0.4) is 0 Å². The first-order valence-electron chi connectivity index (χ1n) is 6.41. The first-order chi connectivity index (χ1) is 10.0. The molecule has 0 saturated heterocycles. The molecule has 2 aromatic rings. The van der Waals surface area contributed by atoms with Crippen LogP contribution in [-0.2, 0) is 6.42 Å². The van der Waals surface area contributed by atoms with Gasteiger partial charge in [0.05, 0.1) is 16.1 Å². The van der Waals surface area contributed by atoms with Crippen molar-refractivity contribution in [2.45, 2.75) is 19.4 Å². The third-order valence-corrected chi connectivity index (χ3v) is 4.04. The Balaban J connectivity index is 2.32. The molecule has 0 aliphatic heterocycles. The summed E-state index contributed by atoms with van der Waals surface area (Å²) < 4.78 is 12.8. The zero-order valence-corrected chi connectivity index (χ0v) is 14.9. The second kappa shape index (κ2) is 7.24. The molecule has 2 rings (SSSR count). The van der Waals surface area contributed by atoms with Crippen molar-refractivity contribution in [1.82, 2.24) is 4.98 Å². The predicted molar refractivity (Wildman–Crippen MR) is 90.1 cm³/mol.